The summed E-state index contributed by atoms with van der Waals surface area (Å²) in [4.78, 5) is 0. The van der Waals surface area contributed by atoms with Crippen LogP contribution in [-0.4, -0.2) is 20.8 Å². The molecule has 0 radical (unpaired) electrons. The molecule has 0 unspecified atom stereocenters. The van der Waals surface area contributed by atoms with Crippen LogP contribution in [0.15, 0.2) is 18.2 Å². The van der Waals surface area contributed by atoms with E-state index in [-0.39, 0.29) is 17.4 Å². The van der Waals surface area contributed by atoms with Gasteiger partial charge in [-0.3, -0.25) is 0 Å². The zero-order chi connectivity index (χ0) is 11.5. The van der Waals surface area contributed by atoms with Gasteiger partial charge in [0.15, 0.2) is 0 Å². The number of halogens is 2. The lowest BCUT2D eigenvalue weighted by Gasteiger charge is -2.07. The standard InChI is InChI=1S/C8H9Cl2NO3S/c9-6-2-1-3-7(8(6)10)14-4-5-15(11,12)13/h1-3H,4-5H2,(H2,11,12,13). The summed E-state index contributed by atoms with van der Waals surface area (Å²) in [5, 5.41) is 5.41. The van der Waals surface area contributed by atoms with Gasteiger partial charge < -0.3 is 4.74 Å². The molecule has 0 heterocycles. The second-order valence-electron chi connectivity index (χ2n) is 2.77. The molecule has 7 heteroatoms. The Morgan fingerprint density at radius 2 is 2.00 bits per heavy atom. The van der Waals surface area contributed by atoms with Crippen molar-refractivity contribution in [3.05, 3.63) is 28.2 Å². The van der Waals surface area contributed by atoms with Crippen molar-refractivity contribution >= 4 is 33.2 Å². The quantitative estimate of drug-likeness (QED) is 0.904. The van der Waals surface area contributed by atoms with Crippen LogP contribution in [0.25, 0.3) is 0 Å². The van der Waals surface area contributed by atoms with Crippen molar-refractivity contribution in [3.8, 4) is 5.75 Å². The fourth-order valence-corrected chi connectivity index (χ4v) is 1.53. The molecule has 0 saturated heterocycles. The van der Waals surface area contributed by atoms with Gasteiger partial charge in [-0.15, -0.1) is 0 Å². The Balaban J connectivity index is 2.62. The van der Waals surface area contributed by atoms with E-state index in [9.17, 15) is 8.42 Å². The van der Waals surface area contributed by atoms with E-state index in [1.165, 1.54) is 0 Å². The monoisotopic (exact) mass is 269 g/mol. The van der Waals surface area contributed by atoms with E-state index in [0.29, 0.717) is 10.8 Å². The molecule has 1 aromatic carbocycles. The lowest BCUT2D eigenvalue weighted by molar-refractivity contribution is 0.341. The van der Waals surface area contributed by atoms with Crippen molar-refractivity contribution in [2.24, 2.45) is 5.14 Å². The van der Waals surface area contributed by atoms with E-state index < -0.39 is 10.0 Å². The molecule has 0 aliphatic rings. The summed E-state index contributed by atoms with van der Waals surface area (Å²) in [7, 11) is -3.52. The Morgan fingerprint density at radius 3 is 2.60 bits per heavy atom. The third-order valence-corrected chi connectivity index (χ3v) is 3.08. The van der Waals surface area contributed by atoms with Crippen LogP contribution in [0.1, 0.15) is 0 Å². The molecular formula is C8H9Cl2NO3S. The van der Waals surface area contributed by atoms with Gasteiger partial charge in [-0.25, -0.2) is 13.6 Å². The average molecular weight is 270 g/mol. The van der Waals surface area contributed by atoms with Crippen LogP contribution in [0.4, 0.5) is 0 Å². The molecule has 0 amide bonds. The Bertz CT molecular complexity index is 447. The molecule has 0 aromatic heterocycles. The maximum absolute atomic E-state index is 10.6. The summed E-state index contributed by atoms with van der Waals surface area (Å²) >= 11 is 11.5. The van der Waals surface area contributed by atoms with E-state index in [2.05, 4.69) is 0 Å². The first-order valence-electron chi connectivity index (χ1n) is 3.97. The predicted molar refractivity (Wildman–Crippen MR) is 59.9 cm³/mol. The average Bonchev–Trinajstić information content (AvgIpc) is 2.10. The minimum Gasteiger partial charge on any atom is -0.491 e. The van der Waals surface area contributed by atoms with Gasteiger partial charge in [0.05, 0.1) is 10.8 Å². The fourth-order valence-electron chi connectivity index (χ4n) is 0.863. The lowest BCUT2D eigenvalue weighted by atomic mass is 10.3. The van der Waals surface area contributed by atoms with Gasteiger partial charge in [0.25, 0.3) is 0 Å². The van der Waals surface area contributed by atoms with Crippen LogP contribution < -0.4 is 9.88 Å². The molecule has 1 rings (SSSR count). The van der Waals surface area contributed by atoms with Gasteiger partial charge in [-0.05, 0) is 12.1 Å². The van der Waals surface area contributed by atoms with E-state index in [1.807, 2.05) is 0 Å². The minimum absolute atomic E-state index is 0.0567. The summed E-state index contributed by atoms with van der Waals surface area (Å²) in [5.41, 5.74) is 0. The fraction of sp³-hybridized carbons (Fsp3) is 0.250. The number of benzene rings is 1. The maximum Gasteiger partial charge on any atom is 0.212 e. The van der Waals surface area contributed by atoms with Gasteiger partial charge in [0.2, 0.25) is 10.0 Å². The molecule has 0 saturated carbocycles. The number of rotatable bonds is 4. The molecule has 84 valence electrons. The molecule has 2 N–H and O–H groups in total. The van der Waals surface area contributed by atoms with E-state index in [0.717, 1.165) is 0 Å². The maximum atomic E-state index is 10.6. The number of primary sulfonamides is 1. The summed E-state index contributed by atoms with van der Waals surface area (Å²) in [5.74, 6) is 0.0726. The van der Waals surface area contributed by atoms with Gasteiger partial charge in [0, 0.05) is 0 Å². The van der Waals surface area contributed by atoms with Crippen molar-refractivity contribution in [3.63, 3.8) is 0 Å². The molecule has 1 aromatic rings. The summed E-state index contributed by atoms with van der Waals surface area (Å²) in [6, 6.07) is 4.86. The highest BCUT2D eigenvalue weighted by Gasteiger charge is 2.07. The molecule has 0 atom stereocenters. The van der Waals surface area contributed by atoms with Crippen LogP contribution in [0.5, 0.6) is 5.75 Å². The zero-order valence-corrected chi connectivity index (χ0v) is 9.94. The third kappa shape index (κ3) is 4.25. The number of hydrogen-bond donors (Lipinski definition) is 1. The second kappa shape index (κ2) is 5.03. The molecule has 0 bridgehead atoms. The molecule has 0 fully saturated rings. The summed E-state index contributed by atoms with van der Waals surface area (Å²) in [6.07, 6.45) is 0. The SMILES string of the molecule is NS(=O)(=O)CCOc1cccc(Cl)c1Cl. The van der Waals surface area contributed by atoms with Gasteiger partial charge in [-0.1, -0.05) is 29.3 Å². The number of ether oxygens (including phenoxy) is 1. The summed E-state index contributed by atoms with van der Waals surface area (Å²) in [6.45, 7) is -0.0567. The van der Waals surface area contributed by atoms with Crippen molar-refractivity contribution < 1.29 is 13.2 Å². The highest BCUT2D eigenvalue weighted by molar-refractivity contribution is 7.89. The number of hydrogen-bond acceptors (Lipinski definition) is 3. The van der Waals surface area contributed by atoms with Gasteiger partial charge >= 0.3 is 0 Å². The highest BCUT2D eigenvalue weighted by atomic mass is 35.5. The van der Waals surface area contributed by atoms with Crippen LogP contribution in [0.3, 0.4) is 0 Å². The molecule has 15 heavy (non-hydrogen) atoms. The van der Waals surface area contributed by atoms with Crippen molar-refractivity contribution in [1.29, 1.82) is 0 Å². The first kappa shape index (κ1) is 12.6. The molecule has 0 aliphatic heterocycles. The van der Waals surface area contributed by atoms with Crippen LogP contribution in [0.2, 0.25) is 10.0 Å². The molecular weight excluding hydrogens is 261 g/mol. The normalized spacial score (nSPS) is 11.4. The van der Waals surface area contributed by atoms with Gasteiger partial charge in [-0.2, -0.15) is 0 Å². The molecule has 0 spiro atoms. The Hall–Kier alpha value is -0.490. The Morgan fingerprint density at radius 1 is 1.33 bits per heavy atom. The van der Waals surface area contributed by atoms with E-state index in [4.69, 9.17) is 33.1 Å². The zero-order valence-electron chi connectivity index (χ0n) is 7.61. The largest absolute Gasteiger partial charge is 0.491 e. The number of sulfonamides is 1. The Kier molecular flexibility index (Phi) is 4.21. The van der Waals surface area contributed by atoms with Crippen molar-refractivity contribution in [2.75, 3.05) is 12.4 Å². The first-order chi connectivity index (χ1) is 6.90. The van der Waals surface area contributed by atoms with Crippen molar-refractivity contribution in [2.45, 2.75) is 0 Å². The predicted octanol–water partition coefficient (Wildman–Crippen LogP) is 1.66. The molecule has 0 aliphatic carbocycles. The van der Waals surface area contributed by atoms with E-state index in [1.54, 1.807) is 18.2 Å². The van der Waals surface area contributed by atoms with E-state index >= 15 is 0 Å². The highest BCUT2D eigenvalue weighted by Crippen LogP contribution is 2.31. The third-order valence-electron chi connectivity index (χ3n) is 1.54. The molecule has 4 nitrogen and oxygen atoms in total. The van der Waals surface area contributed by atoms with Crippen molar-refractivity contribution in [1.82, 2.24) is 0 Å². The minimum atomic E-state index is -3.52. The second-order valence-corrected chi connectivity index (χ2v) is 5.29. The van der Waals surface area contributed by atoms with Crippen LogP contribution in [-0.2, 0) is 10.0 Å². The van der Waals surface area contributed by atoms with Crippen LogP contribution >= 0.6 is 23.2 Å². The smallest absolute Gasteiger partial charge is 0.212 e. The van der Waals surface area contributed by atoms with Gasteiger partial charge in [0.1, 0.15) is 17.4 Å². The summed E-state index contributed by atoms with van der Waals surface area (Å²) < 4.78 is 26.3. The topological polar surface area (TPSA) is 69.4 Å². The lowest BCUT2D eigenvalue weighted by Crippen LogP contribution is -2.21. The Labute approximate surface area is 98.0 Å². The van der Waals surface area contributed by atoms with Crippen LogP contribution in [0, 0.1) is 0 Å². The first-order valence-corrected chi connectivity index (χ1v) is 6.44. The number of nitrogens with two attached hydrogens (primary N) is 1.